The van der Waals surface area contributed by atoms with Crippen LogP contribution in [-0.2, 0) is 11.3 Å². The lowest BCUT2D eigenvalue weighted by Crippen LogP contribution is -2.40. The van der Waals surface area contributed by atoms with Crippen molar-refractivity contribution in [2.45, 2.75) is 45.2 Å². The first-order valence-corrected chi connectivity index (χ1v) is 8.43. The van der Waals surface area contributed by atoms with E-state index in [1.165, 1.54) is 18.4 Å². The second-order valence-corrected chi connectivity index (χ2v) is 7.64. The fourth-order valence-corrected chi connectivity index (χ4v) is 3.91. The summed E-state index contributed by atoms with van der Waals surface area (Å²) in [7, 11) is 0. The van der Waals surface area contributed by atoms with Gasteiger partial charge in [0.1, 0.15) is 0 Å². The molecule has 2 unspecified atom stereocenters. The molecule has 1 aromatic heterocycles. The highest BCUT2D eigenvalue weighted by molar-refractivity contribution is 9.11. The number of thiophene rings is 1. The molecule has 0 saturated carbocycles. The summed E-state index contributed by atoms with van der Waals surface area (Å²) in [6.45, 7) is 3.85. The topological polar surface area (TPSA) is 40.5 Å². The molecule has 1 saturated heterocycles. The minimum atomic E-state index is -0.677. The molecule has 1 fully saturated rings. The highest BCUT2D eigenvalue weighted by Crippen LogP contribution is 2.27. The molecule has 0 bridgehead atoms. The molecule has 2 heterocycles. The van der Waals surface area contributed by atoms with Gasteiger partial charge in [-0.3, -0.25) is 9.69 Å². The number of aliphatic carboxylic acids is 1. The first kappa shape index (κ1) is 15.0. The van der Waals surface area contributed by atoms with E-state index >= 15 is 0 Å². The van der Waals surface area contributed by atoms with Crippen LogP contribution in [0.2, 0.25) is 0 Å². The monoisotopic (exact) mass is 345 g/mol. The van der Waals surface area contributed by atoms with E-state index in [0.29, 0.717) is 6.04 Å². The fraction of sp³-hybridized carbons (Fsp3) is 0.643. The Morgan fingerprint density at radius 3 is 3.05 bits per heavy atom. The Morgan fingerprint density at radius 1 is 1.63 bits per heavy atom. The van der Waals surface area contributed by atoms with Gasteiger partial charge in [0.15, 0.2) is 0 Å². The minimum Gasteiger partial charge on any atom is -0.481 e. The van der Waals surface area contributed by atoms with E-state index in [-0.39, 0.29) is 5.92 Å². The molecule has 1 aromatic rings. The Kier molecular flexibility index (Phi) is 5.42. The summed E-state index contributed by atoms with van der Waals surface area (Å²) in [5.74, 6) is -0.927. The predicted molar refractivity (Wildman–Crippen MR) is 81.5 cm³/mol. The molecule has 0 radical (unpaired) electrons. The van der Waals surface area contributed by atoms with Gasteiger partial charge in [-0.1, -0.05) is 13.3 Å². The highest BCUT2D eigenvalue weighted by Gasteiger charge is 2.26. The Balaban J connectivity index is 1.97. The number of halogens is 1. The van der Waals surface area contributed by atoms with E-state index in [1.807, 2.05) is 6.92 Å². The Hall–Kier alpha value is -0.390. The second-order valence-electron chi connectivity index (χ2n) is 5.35. The van der Waals surface area contributed by atoms with E-state index in [9.17, 15) is 4.79 Å². The van der Waals surface area contributed by atoms with Crippen molar-refractivity contribution in [1.82, 2.24) is 4.90 Å². The molecule has 2 rings (SSSR count). The van der Waals surface area contributed by atoms with Crippen LogP contribution < -0.4 is 0 Å². The van der Waals surface area contributed by atoms with Crippen LogP contribution in [0.3, 0.4) is 0 Å². The van der Waals surface area contributed by atoms with Crippen molar-refractivity contribution in [1.29, 1.82) is 0 Å². The van der Waals surface area contributed by atoms with E-state index in [0.717, 1.165) is 29.7 Å². The number of hydrogen-bond acceptors (Lipinski definition) is 3. The first-order valence-electron chi connectivity index (χ1n) is 6.76. The summed E-state index contributed by atoms with van der Waals surface area (Å²) in [4.78, 5) is 13.5. The molecule has 3 nitrogen and oxygen atoms in total. The van der Waals surface area contributed by atoms with E-state index in [4.69, 9.17) is 5.11 Å². The third kappa shape index (κ3) is 4.29. The van der Waals surface area contributed by atoms with Crippen LogP contribution in [0.15, 0.2) is 15.2 Å². The van der Waals surface area contributed by atoms with Gasteiger partial charge in [-0.2, -0.15) is 0 Å². The Bertz CT molecular complexity index is 435. The molecule has 0 amide bonds. The molecule has 1 aliphatic rings. The third-order valence-electron chi connectivity index (χ3n) is 3.80. The van der Waals surface area contributed by atoms with Crippen LogP contribution in [0.4, 0.5) is 0 Å². The van der Waals surface area contributed by atoms with E-state index in [2.05, 4.69) is 32.3 Å². The number of carboxylic acids is 1. The van der Waals surface area contributed by atoms with Crippen LogP contribution >= 0.6 is 27.3 Å². The predicted octanol–water partition coefficient (Wildman–Crippen LogP) is 3.98. The van der Waals surface area contributed by atoms with Gasteiger partial charge in [-0.15, -0.1) is 11.3 Å². The number of likely N-dealkylation sites (tertiary alicyclic amines) is 1. The van der Waals surface area contributed by atoms with Crippen molar-refractivity contribution < 1.29 is 9.90 Å². The minimum absolute atomic E-state index is 0.250. The summed E-state index contributed by atoms with van der Waals surface area (Å²) in [5.41, 5.74) is 1.33. The molecule has 0 aliphatic carbocycles. The maximum atomic E-state index is 11.0. The van der Waals surface area contributed by atoms with Gasteiger partial charge in [0.05, 0.1) is 9.70 Å². The summed E-state index contributed by atoms with van der Waals surface area (Å²) >= 11 is 5.20. The van der Waals surface area contributed by atoms with Gasteiger partial charge < -0.3 is 5.11 Å². The van der Waals surface area contributed by atoms with Crippen LogP contribution in [0.5, 0.6) is 0 Å². The number of carbonyl (C=O) groups is 1. The maximum Gasteiger partial charge on any atom is 0.306 e. The summed E-state index contributed by atoms with van der Waals surface area (Å²) in [6.07, 6.45) is 4.34. The van der Waals surface area contributed by atoms with E-state index < -0.39 is 5.97 Å². The summed E-state index contributed by atoms with van der Waals surface area (Å²) in [5, 5.41) is 11.2. The van der Waals surface area contributed by atoms with Crippen molar-refractivity contribution in [2.75, 3.05) is 6.54 Å². The maximum absolute atomic E-state index is 11.0. The van der Waals surface area contributed by atoms with Crippen LogP contribution in [0, 0.1) is 5.92 Å². The zero-order chi connectivity index (χ0) is 13.8. The molecule has 0 aromatic carbocycles. The van der Waals surface area contributed by atoms with Crippen molar-refractivity contribution >= 4 is 33.2 Å². The van der Waals surface area contributed by atoms with Crippen molar-refractivity contribution in [3.05, 3.63) is 20.8 Å². The zero-order valence-corrected chi connectivity index (χ0v) is 13.5. The van der Waals surface area contributed by atoms with Gasteiger partial charge in [0.2, 0.25) is 0 Å². The quantitative estimate of drug-likeness (QED) is 0.877. The summed E-state index contributed by atoms with van der Waals surface area (Å²) in [6, 6.07) is 2.58. The van der Waals surface area contributed by atoms with Crippen molar-refractivity contribution in [3.8, 4) is 0 Å². The largest absolute Gasteiger partial charge is 0.481 e. The number of rotatable bonds is 5. The molecule has 0 spiro atoms. The van der Waals surface area contributed by atoms with Gasteiger partial charge in [0, 0.05) is 12.6 Å². The molecule has 106 valence electrons. The van der Waals surface area contributed by atoms with Crippen LogP contribution in [-0.4, -0.2) is 28.6 Å². The number of nitrogens with zero attached hydrogens (tertiary/aromatic N) is 1. The SMILES string of the molecule is CC(CC1CCCCN1Cc1csc(Br)c1)C(=O)O. The lowest BCUT2D eigenvalue weighted by atomic mass is 9.93. The zero-order valence-electron chi connectivity index (χ0n) is 11.1. The molecule has 1 aliphatic heterocycles. The third-order valence-corrected chi connectivity index (χ3v) is 5.36. The highest BCUT2D eigenvalue weighted by atomic mass is 79.9. The molecular formula is C14H20BrNO2S. The van der Waals surface area contributed by atoms with Crippen molar-refractivity contribution in [2.24, 2.45) is 5.92 Å². The van der Waals surface area contributed by atoms with Gasteiger partial charge in [-0.25, -0.2) is 0 Å². The number of piperidine rings is 1. The standard InChI is InChI=1S/C14H20BrNO2S/c1-10(14(17)18)6-12-4-2-3-5-16(12)8-11-7-13(15)19-9-11/h7,9-10,12H,2-6,8H2,1H3,(H,17,18). The van der Waals surface area contributed by atoms with Crippen LogP contribution in [0.25, 0.3) is 0 Å². The molecule has 2 atom stereocenters. The van der Waals surface area contributed by atoms with Crippen molar-refractivity contribution in [3.63, 3.8) is 0 Å². The molecule has 5 heteroatoms. The van der Waals surface area contributed by atoms with E-state index in [1.54, 1.807) is 11.3 Å². The first-order chi connectivity index (χ1) is 9.06. The fourth-order valence-electron chi connectivity index (χ4n) is 2.71. The molecular weight excluding hydrogens is 326 g/mol. The molecule has 19 heavy (non-hydrogen) atoms. The van der Waals surface area contributed by atoms with Gasteiger partial charge in [0.25, 0.3) is 0 Å². The second kappa shape index (κ2) is 6.86. The Morgan fingerprint density at radius 2 is 2.42 bits per heavy atom. The average molecular weight is 346 g/mol. The molecule has 1 N–H and O–H groups in total. The van der Waals surface area contributed by atoms with Crippen LogP contribution in [0.1, 0.15) is 38.2 Å². The normalized spacial score (nSPS) is 22.3. The smallest absolute Gasteiger partial charge is 0.306 e. The Labute approximate surface area is 126 Å². The van der Waals surface area contributed by atoms with Gasteiger partial charge >= 0.3 is 5.97 Å². The summed E-state index contributed by atoms with van der Waals surface area (Å²) < 4.78 is 1.16. The number of hydrogen-bond donors (Lipinski definition) is 1. The van der Waals surface area contributed by atoms with Gasteiger partial charge in [-0.05, 0) is 58.7 Å². The average Bonchev–Trinajstić information content (AvgIpc) is 2.77. The lowest BCUT2D eigenvalue weighted by molar-refractivity contribution is -0.141. The number of carboxylic acid groups (broad SMARTS) is 1. The lowest BCUT2D eigenvalue weighted by Gasteiger charge is -2.36.